The summed E-state index contributed by atoms with van der Waals surface area (Å²) in [5.41, 5.74) is 0.460. The van der Waals surface area contributed by atoms with Crippen LogP contribution >= 0.6 is 11.6 Å². The summed E-state index contributed by atoms with van der Waals surface area (Å²) in [6.45, 7) is 2.57. The number of hydrogen-bond acceptors (Lipinski definition) is 4. The molecule has 1 N–H and O–H groups in total. The molecule has 0 aromatic heterocycles. The Labute approximate surface area is 136 Å². The predicted octanol–water partition coefficient (Wildman–Crippen LogP) is 0.647. The average Bonchev–Trinajstić information content (AvgIpc) is 2.48. The zero-order valence-electron chi connectivity index (χ0n) is 12.5. The first-order valence-corrected chi connectivity index (χ1v) is 9.07. The number of benzene rings is 1. The summed E-state index contributed by atoms with van der Waals surface area (Å²) in [6, 6.07) is 6.45. The van der Waals surface area contributed by atoms with Crippen LogP contribution in [-0.4, -0.2) is 69.1 Å². The second-order valence-electron chi connectivity index (χ2n) is 5.28. The Morgan fingerprint density at radius 2 is 1.77 bits per heavy atom. The molecule has 1 aromatic carbocycles. The first kappa shape index (κ1) is 17.2. The molecule has 0 unspecified atom stereocenters. The van der Waals surface area contributed by atoms with E-state index in [0.717, 1.165) is 13.1 Å². The Morgan fingerprint density at radius 1 is 1.18 bits per heavy atom. The molecule has 0 bridgehead atoms. The molecule has 122 valence electrons. The average molecular weight is 346 g/mol. The van der Waals surface area contributed by atoms with E-state index in [-0.39, 0.29) is 18.2 Å². The fourth-order valence-corrected chi connectivity index (χ4v) is 3.66. The lowest BCUT2D eigenvalue weighted by molar-refractivity contribution is 0.0956. The number of likely N-dealkylation sites (N-methyl/N-ethyl adjacent to an activating group) is 1. The molecule has 0 radical (unpaired) electrons. The summed E-state index contributed by atoms with van der Waals surface area (Å²) in [6.07, 6.45) is 0. The van der Waals surface area contributed by atoms with Gasteiger partial charge in [-0.15, -0.1) is 0 Å². The van der Waals surface area contributed by atoms with Gasteiger partial charge in [0.15, 0.2) is 0 Å². The van der Waals surface area contributed by atoms with E-state index in [2.05, 4.69) is 10.2 Å². The normalized spacial score (nSPS) is 17.4. The minimum atomic E-state index is -3.32. The van der Waals surface area contributed by atoms with Gasteiger partial charge in [-0.2, -0.15) is 4.31 Å². The van der Waals surface area contributed by atoms with Crippen molar-refractivity contribution in [2.24, 2.45) is 0 Å². The van der Waals surface area contributed by atoms with Gasteiger partial charge in [0.1, 0.15) is 0 Å². The lowest BCUT2D eigenvalue weighted by Crippen LogP contribution is -2.48. The van der Waals surface area contributed by atoms with Crippen molar-refractivity contribution in [3.05, 3.63) is 34.9 Å². The Kier molecular flexibility index (Phi) is 5.80. The van der Waals surface area contributed by atoms with Crippen LogP contribution in [0.25, 0.3) is 0 Å². The summed E-state index contributed by atoms with van der Waals surface area (Å²) in [5.74, 6) is -0.388. The highest BCUT2D eigenvalue weighted by molar-refractivity contribution is 7.89. The molecule has 0 saturated carbocycles. The topological polar surface area (TPSA) is 69.7 Å². The molecular formula is C14H20ClN3O3S. The summed E-state index contributed by atoms with van der Waals surface area (Å²) >= 11 is 5.76. The van der Waals surface area contributed by atoms with Gasteiger partial charge in [-0.1, -0.05) is 11.6 Å². The number of rotatable bonds is 5. The molecule has 1 amide bonds. The van der Waals surface area contributed by atoms with Crippen molar-refractivity contribution < 1.29 is 13.2 Å². The quantitative estimate of drug-likeness (QED) is 0.850. The third kappa shape index (κ3) is 4.67. The second kappa shape index (κ2) is 7.41. The van der Waals surface area contributed by atoms with Gasteiger partial charge in [0.2, 0.25) is 10.0 Å². The van der Waals surface area contributed by atoms with Gasteiger partial charge in [-0.25, -0.2) is 8.42 Å². The number of carbonyl (C=O) groups is 1. The fraction of sp³-hybridized carbons (Fsp3) is 0.500. The van der Waals surface area contributed by atoms with Crippen LogP contribution in [0.5, 0.6) is 0 Å². The van der Waals surface area contributed by atoms with Gasteiger partial charge < -0.3 is 10.2 Å². The molecule has 0 atom stereocenters. The van der Waals surface area contributed by atoms with E-state index in [4.69, 9.17) is 11.6 Å². The van der Waals surface area contributed by atoms with Gasteiger partial charge in [0.05, 0.1) is 5.75 Å². The second-order valence-corrected chi connectivity index (χ2v) is 7.81. The van der Waals surface area contributed by atoms with E-state index in [1.807, 2.05) is 7.05 Å². The predicted molar refractivity (Wildman–Crippen MR) is 86.6 cm³/mol. The highest BCUT2D eigenvalue weighted by Gasteiger charge is 2.25. The lowest BCUT2D eigenvalue weighted by Gasteiger charge is -2.31. The van der Waals surface area contributed by atoms with E-state index in [0.29, 0.717) is 23.7 Å². The molecule has 1 aliphatic rings. The number of piperazine rings is 1. The van der Waals surface area contributed by atoms with Crippen molar-refractivity contribution in [2.45, 2.75) is 0 Å². The fourth-order valence-electron chi connectivity index (χ4n) is 2.19. The summed E-state index contributed by atoms with van der Waals surface area (Å²) in [4.78, 5) is 14.0. The van der Waals surface area contributed by atoms with Crippen LogP contribution in [0.4, 0.5) is 0 Å². The Hall–Kier alpha value is -1.15. The van der Waals surface area contributed by atoms with Gasteiger partial charge in [-0.05, 0) is 31.3 Å². The molecule has 1 saturated heterocycles. The molecule has 0 aliphatic carbocycles. The first-order valence-electron chi connectivity index (χ1n) is 7.08. The number of amides is 1. The number of halogens is 1. The maximum atomic E-state index is 12.2. The third-order valence-corrected chi connectivity index (χ3v) is 5.73. The van der Waals surface area contributed by atoms with Gasteiger partial charge in [0, 0.05) is 43.3 Å². The molecule has 1 aliphatic heterocycles. The number of sulfonamides is 1. The van der Waals surface area contributed by atoms with E-state index in [1.54, 1.807) is 24.3 Å². The SMILES string of the molecule is CN1CCN(S(=O)(=O)CCNC(=O)c2ccc(Cl)cc2)CC1. The molecule has 1 fully saturated rings. The van der Waals surface area contributed by atoms with Crippen molar-refractivity contribution >= 4 is 27.5 Å². The molecular weight excluding hydrogens is 326 g/mol. The Balaban J connectivity index is 1.82. The maximum absolute atomic E-state index is 12.2. The van der Waals surface area contributed by atoms with Crippen molar-refractivity contribution in [3.8, 4) is 0 Å². The van der Waals surface area contributed by atoms with Gasteiger partial charge in [-0.3, -0.25) is 4.79 Å². The van der Waals surface area contributed by atoms with Gasteiger partial charge >= 0.3 is 0 Å². The molecule has 8 heteroatoms. The van der Waals surface area contributed by atoms with Crippen molar-refractivity contribution in [2.75, 3.05) is 45.5 Å². The number of carbonyl (C=O) groups excluding carboxylic acids is 1. The van der Waals surface area contributed by atoms with Crippen LogP contribution < -0.4 is 5.32 Å². The van der Waals surface area contributed by atoms with E-state index in [1.165, 1.54) is 4.31 Å². The van der Waals surface area contributed by atoms with Crippen LogP contribution in [0.15, 0.2) is 24.3 Å². The summed E-state index contributed by atoms with van der Waals surface area (Å²) < 4.78 is 25.9. The highest BCUT2D eigenvalue weighted by atomic mass is 35.5. The van der Waals surface area contributed by atoms with Crippen LogP contribution in [-0.2, 0) is 10.0 Å². The van der Waals surface area contributed by atoms with Crippen LogP contribution in [0.2, 0.25) is 5.02 Å². The van der Waals surface area contributed by atoms with E-state index in [9.17, 15) is 13.2 Å². The minimum absolute atomic E-state index is 0.0873. The largest absolute Gasteiger partial charge is 0.351 e. The van der Waals surface area contributed by atoms with Crippen LogP contribution in [0.3, 0.4) is 0 Å². The molecule has 1 aromatic rings. The van der Waals surface area contributed by atoms with E-state index >= 15 is 0 Å². The summed E-state index contributed by atoms with van der Waals surface area (Å²) in [7, 11) is -1.35. The smallest absolute Gasteiger partial charge is 0.251 e. The molecule has 0 spiro atoms. The zero-order valence-corrected chi connectivity index (χ0v) is 14.0. The number of nitrogens with one attached hydrogen (secondary N) is 1. The molecule has 22 heavy (non-hydrogen) atoms. The highest BCUT2D eigenvalue weighted by Crippen LogP contribution is 2.09. The molecule has 6 nitrogen and oxygen atoms in total. The maximum Gasteiger partial charge on any atom is 0.251 e. The zero-order chi connectivity index (χ0) is 16.2. The van der Waals surface area contributed by atoms with Crippen LogP contribution in [0.1, 0.15) is 10.4 Å². The minimum Gasteiger partial charge on any atom is -0.351 e. The standard InChI is InChI=1S/C14H20ClN3O3S/c1-17-7-9-18(10-8-17)22(20,21)11-6-16-14(19)12-2-4-13(15)5-3-12/h2-5H,6-11H2,1H3,(H,16,19). The lowest BCUT2D eigenvalue weighted by atomic mass is 10.2. The monoisotopic (exact) mass is 345 g/mol. The molecule has 2 rings (SSSR count). The Bertz CT molecular complexity index is 611. The van der Waals surface area contributed by atoms with Crippen molar-refractivity contribution in [1.29, 1.82) is 0 Å². The van der Waals surface area contributed by atoms with Gasteiger partial charge in [0.25, 0.3) is 5.91 Å². The van der Waals surface area contributed by atoms with Crippen LogP contribution in [0, 0.1) is 0 Å². The van der Waals surface area contributed by atoms with Crippen molar-refractivity contribution in [1.82, 2.24) is 14.5 Å². The summed E-state index contributed by atoms with van der Waals surface area (Å²) in [5, 5.41) is 3.17. The number of nitrogens with zero attached hydrogens (tertiary/aromatic N) is 2. The Morgan fingerprint density at radius 3 is 2.36 bits per heavy atom. The number of hydrogen-bond donors (Lipinski definition) is 1. The third-order valence-electron chi connectivity index (χ3n) is 3.61. The van der Waals surface area contributed by atoms with E-state index < -0.39 is 10.0 Å². The first-order chi connectivity index (χ1) is 10.4. The molecule has 1 heterocycles. The van der Waals surface area contributed by atoms with Crippen molar-refractivity contribution in [3.63, 3.8) is 0 Å².